The number of rotatable bonds is 5. The van der Waals surface area contributed by atoms with E-state index in [1.165, 1.54) is 12.1 Å². The van der Waals surface area contributed by atoms with Crippen LogP contribution in [0.1, 0.15) is 41.1 Å². The lowest BCUT2D eigenvalue weighted by molar-refractivity contribution is 0.0370. The van der Waals surface area contributed by atoms with E-state index in [9.17, 15) is 9.18 Å². The quantitative estimate of drug-likeness (QED) is 0.591. The molecule has 146 valence electrons. The summed E-state index contributed by atoms with van der Waals surface area (Å²) in [5, 5.41) is 6.37. The number of hydrogen-bond acceptors (Lipinski definition) is 5. The molecule has 1 atom stereocenters. The van der Waals surface area contributed by atoms with Crippen LogP contribution in [0.15, 0.2) is 78.0 Å². The molecule has 4 rings (SSSR count). The molecule has 0 saturated heterocycles. The highest BCUT2D eigenvalue weighted by Gasteiger charge is 2.22. The third kappa shape index (κ3) is 4.32. The average molecular weight is 389 g/mol. The molecule has 0 aliphatic carbocycles. The maximum atomic E-state index is 13.7. The van der Waals surface area contributed by atoms with Crippen molar-refractivity contribution in [3.63, 3.8) is 0 Å². The molecule has 1 aliphatic heterocycles. The van der Waals surface area contributed by atoms with E-state index >= 15 is 0 Å². The minimum absolute atomic E-state index is 0.398. The Morgan fingerprint density at radius 1 is 1.10 bits per heavy atom. The van der Waals surface area contributed by atoms with Crippen molar-refractivity contribution in [3.8, 4) is 0 Å². The zero-order valence-corrected chi connectivity index (χ0v) is 16.0. The van der Waals surface area contributed by atoms with Crippen molar-refractivity contribution in [1.29, 1.82) is 0 Å². The van der Waals surface area contributed by atoms with Gasteiger partial charge in [0.25, 0.3) is 0 Å². The molecule has 0 radical (unpaired) electrons. The van der Waals surface area contributed by atoms with Crippen LogP contribution >= 0.6 is 0 Å². The van der Waals surface area contributed by atoms with E-state index in [0.717, 1.165) is 24.4 Å². The number of carbonyl (C=O) groups excluding carboxylic acids is 1. The van der Waals surface area contributed by atoms with Crippen LogP contribution in [0.25, 0.3) is 0 Å². The molecule has 2 heterocycles. The van der Waals surface area contributed by atoms with Crippen molar-refractivity contribution in [2.24, 2.45) is 5.10 Å². The number of anilines is 1. The second kappa shape index (κ2) is 8.22. The van der Waals surface area contributed by atoms with E-state index in [1.54, 1.807) is 48.7 Å². The first-order valence-corrected chi connectivity index (χ1v) is 9.39. The van der Waals surface area contributed by atoms with Gasteiger partial charge in [-0.25, -0.2) is 9.18 Å². The van der Waals surface area contributed by atoms with Crippen molar-refractivity contribution in [1.82, 2.24) is 4.98 Å². The molecule has 0 saturated carbocycles. The molecule has 2 aromatic carbocycles. The average Bonchev–Trinajstić information content (AvgIpc) is 3.19. The van der Waals surface area contributed by atoms with Crippen molar-refractivity contribution >= 4 is 17.4 Å². The molecule has 0 bridgehead atoms. The van der Waals surface area contributed by atoms with Gasteiger partial charge in [0.05, 0.1) is 16.9 Å². The Morgan fingerprint density at radius 2 is 1.93 bits per heavy atom. The number of halogens is 1. The van der Waals surface area contributed by atoms with Crippen LogP contribution in [-0.4, -0.2) is 23.2 Å². The minimum Gasteiger partial charge on any atom is -0.447 e. The molecule has 1 aliphatic rings. The first-order chi connectivity index (χ1) is 14.1. The van der Waals surface area contributed by atoms with E-state index in [0.29, 0.717) is 16.8 Å². The normalized spacial score (nSPS) is 14.4. The summed E-state index contributed by atoms with van der Waals surface area (Å²) in [6.45, 7) is 2.83. The molecule has 0 spiro atoms. The first-order valence-electron chi connectivity index (χ1n) is 9.39. The van der Waals surface area contributed by atoms with Gasteiger partial charge in [0, 0.05) is 30.4 Å². The fraction of sp³-hybridized carbons (Fsp3) is 0.174. The van der Waals surface area contributed by atoms with Crippen LogP contribution in [0, 0.1) is 5.82 Å². The maximum absolute atomic E-state index is 13.7. The molecular formula is C23H20FN3O2. The fourth-order valence-electron chi connectivity index (χ4n) is 3.21. The second-order valence-corrected chi connectivity index (χ2v) is 6.85. The summed E-state index contributed by atoms with van der Waals surface area (Å²) in [5.74, 6) is -0.900. The topological polar surface area (TPSA) is 54.8 Å². The summed E-state index contributed by atoms with van der Waals surface area (Å²) in [7, 11) is 0. The number of hydrazone groups is 1. The number of aromatic nitrogens is 1. The molecule has 3 aromatic rings. The molecular weight excluding hydrogens is 369 g/mol. The van der Waals surface area contributed by atoms with E-state index in [1.807, 2.05) is 24.1 Å². The molecule has 0 N–H and O–H groups in total. The minimum atomic E-state index is -0.801. The molecule has 0 fully saturated rings. The molecule has 5 nitrogen and oxygen atoms in total. The standard InChI is InChI=1S/C23H20FN3O2/c1-16-12-14-27(26-16)20-10-8-17(9-11-20)23(28)29-22(21-7-2-3-13-25-21)18-5-4-6-19(24)15-18/h2-11,13,15,22H,12,14H2,1H3. The molecule has 29 heavy (non-hydrogen) atoms. The van der Waals surface area contributed by atoms with Crippen LogP contribution in [0.4, 0.5) is 10.1 Å². The van der Waals surface area contributed by atoms with Crippen LogP contribution in [-0.2, 0) is 4.74 Å². The van der Waals surface area contributed by atoms with Crippen molar-refractivity contribution in [2.45, 2.75) is 19.4 Å². The second-order valence-electron chi connectivity index (χ2n) is 6.85. The van der Waals surface area contributed by atoms with Gasteiger partial charge in [-0.05, 0) is 55.5 Å². The van der Waals surface area contributed by atoms with E-state index in [-0.39, 0.29) is 0 Å². The Balaban J connectivity index is 1.57. The highest BCUT2D eigenvalue weighted by Crippen LogP contribution is 2.27. The van der Waals surface area contributed by atoms with Gasteiger partial charge in [-0.15, -0.1) is 0 Å². The number of benzene rings is 2. The SMILES string of the molecule is CC1=NN(c2ccc(C(=O)OC(c3cccc(F)c3)c3ccccn3)cc2)CC1. The van der Waals surface area contributed by atoms with Gasteiger partial charge in [-0.1, -0.05) is 18.2 Å². The molecule has 0 amide bonds. The van der Waals surface area contributed by atoms with Crippen LogP contribution in [0.2, 0.25) is 0 Å². The largest absolute Gasteiger partial charge is 0.447 e. The molecule has 1 unspecified atom stereocenters. The summed E-state index contributed by atoms with van der Waals surface area (Å²) < 4.78 is 19.5. The highest BCUT2D eigenvalue weighted by atomic mass is 19.1. The number of carbonyl (C=O) groups is 1. The summed E-state index contributed by atoms with van der Waals surface area (Å²) >= 11 is 0. The predicted octanol–water partition coefficient (Wildman–Crippen LogP) is 4.75. The van der Waals surface area contributed by atoms with Crippen molar-refractivity contribution in [3.05, 3.63) is 95.6 Å². The number of hydrogen-bond donors (Lipinski definition) is 0. The number of nitrogens with zero attached hydrogens (tertiary/aromatic N) is 3. The Labute approximate surface area is 168 Å². The molecule has 1 aromatic heterocycles. The zero-order chi connectivity index (χ0) is 20.2. The molecule has 6 heteroatoms. The summed E-state index contributed by atoms with van der Waals surface area (Å²) in [5.41, 5.74) is 3.47. The van der Waals surface area contributed by atoms with Crippen molar-refractivity contribution < 1.29 is 13.9 Å². The van der Waals surface area contributed by atoms with Gasteiger partial charge in [0.1, 0.15) is 5.82 Å². The van der Waals surface area contributed by atoms with Gasteiger partial charge >= 0.3 is 5.97 Å². The Hall–Kier alpha value is -3.54. The van der Waals surface area contributed by atoms with Gasteiger partial charge in [-0.3, -0.25) is 9.99 Å². The number of esters is 1. The third-order valence-electron chi connectivity index (χ3n) is 4.71. The number of pyridine rings is 1. The highest BCUT2D eigenvalue weighted by molar-refractivity contribution is 5.90. The van der Waals surface area contributed by atoms with Crippen LogP contribution in [0.5, 0.6) is 0 Å². The van der Waals surface area contributed by atoms with Gasteiger partial charge < -0.3 is 4.74 Å². The number of ether oxygens (including phenoxy) is 1. The Kier molecular flexibility index (Phi) is 5.33. The van der Waals surface area contributed by atoms with Crippen LogP contribution < -0.4 is 5.01 Å². The van der Waals surface area contributed by atoms with Crippen LogP contribution in [0.3, 0.4) is 0 Å². The van der Waals surface area contributed by atoms with Gasteiger partial charge in [0.2, 0.25) is 0 Å². The van der Waals surface area contributed by atoms with Gasteiger partial charge in [-0.2, -0.15) is 5.10 Å². The lowest BCUT2D eigenvalue weighted by Gasteiger charge is -2.18. The summed E-state index contributed by atoms with van der Waals surface area (Å²) in [4.78, 5) is 17.1. The Morgan fingerprint density at radius 3 is 2.59 bits per heavy atom. The van der Waals surface area contributed by atoms with E-state index < -0.39 is 17.9 Å². The fourth-order valence-corrected chi connectivity index (χ4v) is 3.21. The maximum Gasteiger partial charge on any atom is 0.339 e. The first kappa shape index (κ1) is 18.8. The van der Waals surface area contributed by atoms with Crippen molar-refractivity contribution in [2.75, 3.05) is 11.6 Å². The monoisotopic (exact) mass is 389 g/mol. The predicted molar refractivity (Wildman–Crippen MR) is 109 cm³/mol. The summed E-state index contributed by atoms with van der Waals surface area (Å²) in [6.07, 6.45) is 1.75. The smallest absolute Gasteiger partial charge is 0.339 e. The van der Waals surface area contributed by atoms with E-state index in [2.05, 4.69) is 10.1 Å². The zero-order valence-electron chi connectivity index (χ0n) is 16.0. The summed E-state index contributed by atoms with van der Waals surface area (Å²) in [6, 6.07) is 18.4. The van der Waals surface area contributed by atoms with Gasteiger partial charge in [0.15, 0.2) is 6.10 Å². The Bertz CT molecular complexity index is 1040. The lowest BCUT2D eigenvalue weighted by Crippen LogP contribution is -2.15. The lowest BCUT2D eigenvalue weighted by atomic mass is 10.1. The third-order valence-corrected chi connectivity index (χ3v) is 4.71. The van der Waals surface area contributed by atoms with E-state index in [4.69, 9.17) is 4.74 Å².